The first-order chi connectivity index (χ1) is 16.4. The van der Waals surface area contributed by atoms with Crippen molar-refractivity contribution in [3.63, 3.8) is 0 Å². The van der Waals surface area contributed by atoms with E-state index in [9.17, 15) is 4.79 Å². The molecule has 1 unspecified atom stereocenters. The molecule has 1 aromatic heterocycles. The van der Waals surface area contributed by atoms with Crippen molar-refractivity contribution >= 4 is 23.6 Å². The summed E-state index contributed by atoms with van der Waals surface area (Å²) >= 11 is 1.53. The summed E-state index contributed by atoms with van der Waals surface area (Å²) in [4.78, 5) is 17.0. The first kappa shape index (κ1) is 23.7. The number of carbonyl (C=O) groups is 1. The van der Waals surface area contributed by atoms with Gasteiger partial charge in [0.05, 0.1) is 12.2 Å². The number of aromatic nitrogens is 3. The molecule has 0 aliphatic carbocycles. The van der Waals surface area contributed by atoms with Crippen LogP contribution < -0.4 is 20.5 Å². The molecule has 34 heavy (non-hydrogen) atoms. The minimum absolute atomic E-state index is 0.426. The minimum atomic E-state index is -0.530. The monoisotopic (exact) mass is 479 g/mol. The van der Waals surface area contributed by atoms with Crippen LogP contribution >= 0.6 is 11.8 Å². The Labute approximate surface area is 203 Å². The molecule has 0 bridgehead atoms. The second-order valence-corrected chi connectivity index (χ2v) is 9.11. The Hall–Kier alpha value is -3.46. The summed E-state index contributed by atoms with van der Waals surface area (Å²) in [5.41, 5.74) is 9.97. The van der Waals surface area contributed by atoms with Crippen molar-refractivity contribution in [2.45, 2.75) is 45.5 Å². The zero-order valence-corrected chi connectivity index (χ0v) is 20.6. The van der Waals surface area contributed by atoms with Crippen molar-refractivity contribution in [3.05, 3.63) is 70.4 Å². The molecule has 3 N–H and O–H groups in total. The normalized spacial score (nSPS) is 15.0. The topological polar surface area (TPSA) is 104 Å². The van der Waals surface area contributed by atoms with E-state index in [-0.39, 0.29) is 0 Å². The molecule has 0 radical (unpaired) electrons. The molecule has 1 amide bonds. The molecule has 0 spiro atoms. The smallest absolute Gasteiger partial charge is 0.248 e. The lowest BCUT2D eigenvalue weighted by atomic mass is 9.95. The number of hydrogen-bond donors (Lipinski definition) is 2. The number of amides is 1. The van der Waals surface area contributed by atoms with E-state index < -0.39 is 11.9 Å². The number of nitrogens with zero attached hydrogens (tertiary/aromatic N) is 3. The predicted octanol–water partition coefficient (Wildman–Crippen LogP) is 4.45. The van der Waals surface area contributed by atoms with Crippen LogP contribution in [0.3, 0.4) is 0 Å². The van der Waals surface area contributed by atoms with Crippen LogP contribution in [0.15, 0.2) is 58.9 Å². The lowest BCUT2D eigenvalue weighted by Gasteiger charge is -2.28. The fourth-order valence-corrected chi connectivity index (χ4v) is 4.51. The number of ether oxygens (including phenoxy) is 2. The third-order valence-corrected chi connectivity index (χ3v) is 6.32. The third kappa shape index (κ3) is 4.75. The largest absolute Gasteiger partial charge is 0.490 e. The number of allylic oxidation sites excluding steroid dienone is 1. The number of primary amides is 1. The molecule has 3 aromatic rings. The molecule has 1 atom stereocenters. The highest BCUT2D eigenvalue weighted by molar-refractivity contribution is 7.99. The Balaban J connectivity index is 1.73. The second kappa shape index (κ2) is 10.2. The lowest BCUT2D eigenvalue weighted by Crippen LogP contribution is -2.31. The number of aryl methyl sites for hydroxylation is 1. The highest BCUT2D eigenvalue weighted by atomic mass is 32.2. The van der Waals surface area contributed by atoms with Crippen molar-refractivity contribution in [3.8, 4) is 11.5 Å². The van der Waals surface area contributed by atoms with Gasteiger partial charge in [0.2, 0.25) is 17.0 Å². The highest BCUT2D eigenvalue weighted by Gasteiger charge is 2.33. The number of hydrogen-bond acceptors (Lipinski definition) is 7. The highest BCUT2D eigenvalue weighted by Crippen LogP contribution is 2.39. The molecule has 9 heteroatoms. The second-order valence-electron chi connectivity index (χ2n) is 7.88. The Morgan fingerprint density at radius 1 is 1.15 bits per heavy atom. The van der Waals surface area contributed by atoms with E-state index >= 15 is 0 Å². The predicted molar refractivity (Wildman–Crippen MR) is 133 cm³/mol. The molecule has 2 heterocycles. The van der Waals surface area contributed by atoms with Crippen molar-refractivity contribution in [2.24, 2.45) is 5.73 Å². The average Bonchev–Trinajstić information content (AvgIpc) is 3.20. The van der Waals surface area contributed by atoms with Crippen molar-refractivity contribution in [1.82, 2.24) is 14.8 Å². The van der Waals surface area contributed by atoms with Crippen LogP contribution in [0.25, 0.3) is 0 Å². The van der Waals surface area contributed by atoms with Crippen molar-refractivity contribution < 1.29 is 14.3 Å². The van der Waals surface area contributed by atoms with Crippen LogP contribution in [0, 0.1) is 6.92 Å². The van der Waals surface area contributed by atoms with Crippen LogP contribution in [0.2, 0.25) is 0 Å². The molecule has 2 aromatic carbocycles. The number of fused-ring (bicyclic) bond motifs is 1. The van der Waals surface area contributed by atoms with Gasteiger partial charge in [0.1, 0.15) is 12.6 Å². The number of thioether (sulfide) groups is 1. The molecule has 4 rings (SSSR count). The maximum absolute atomic E-state index is 12.5. The molecule has 178 valence electrons. The van der Waals surface area contributed by atoms with E-state index in [0.29, 0.717) is 47.1 Å². The van der Waals surface area contributed by atoms with Gasteiger partial charge >= 0.3 is 0 Å². The van der Waals surface area contributed by atoms with Gasteiger partial charge in [0.15, 0.2) is 11.5 Å². The first-order valence-electron chi connectivity index (χ1n) is 11.2. The molecule has 8 nitrogen and oxygen atoms in total. The van der Waals surface area contributed by atoms with E-state index in [1.807, 2.05) is 57.2 Å². The van der Waals surface area contributed by atoms with E-state index in [2.05, 4.69) is 28.4 Å². The molecule has 1 aliphatic rings. The van der Waals surface area contributed by atoms with E-state index in [1.54, 1.807) is 4.68 Å². The zero-order chi connectivity index (χ0) is 24.2. The number of carbonyl (C=O) groups excluding carboxylic acids is 1. The minimum Gasteiger partial charge on any atom is -0.490 e. The zero-order valence-electron chi connectivity index (χ0n) is 19.8. The standard InChI is InChI=1S/C25H29N5O3S/c1-5-32-20-13-17(11-12-19(20)33-14-18-10-8-7-9-15(18)3)22-21(23(26)31)16(4)27-24-28-25(34-6-2)29-30(22)24/h7-13,22H,5-6,14H2,1-4H3,(H2,26,31)(H,27,28,29). The molecule has 0 saturated carbocycles. The summed E-state index contributed by atoms with van der Waals surface area (Å²) in [6, 6.07) is 13.3. The molecular formula is C25H29N5O3S. The van der Waals surface area contributed by atoms with Gasteiger partial charge in [0, 0.05) is 5.70 Å². The fraction of sp³-hybridized carbons (Fsp3) is 0.320. The molecular weight excluding hydrogens is 450 g/mol. The van der Waals surface area contributed by atoms with Crippen LogP contribution in [0.5, 0.6) is 11.5 Å². The molecule has 0 fully saturated rings. The summed E-state index contributed by atoms with van der Waals surface area (Å²) in [5.74, 6) is 2.12. The summed E-state index contributed by atoms with van der Waals surface area (Å²) in [6.45, 7) is 8.74. The quantitative estimate of drug-likeness (QED) is 0.437. The lowest BCUT2D eigenvalue weighted by molar-refractivity contribution is -0.115. The SMILES string of the molecule is CCOc1cc(C2C(C(N)=O)=C(C)Nc3nc(SCC)nn32)ccc1OCc1ccccc1C. The van der Waals surface area contributed by atoms with Gasteiger partial charge in [-0.25, -0.2) is 4.68 Å². The van der Waals surface area contributed by atoms with E-state index in [0.717, 1.165) is 22.4 Å². The van der Waals surface area contributed by atoms with Gasteiger partial charge in [0.25, 0.3) is 0 Å². The summed E-state index contributed by atoms with van der Waals surface area (Å²) < 4.78 is 13.8. The average molecular weight is 480 g/mol. The number of benzene rings is 2. The van der Waals surface area contributed by atoms with Crippen molar-refractivity contribution in [1.29, 1.82) is 0 Å². The Morgan fingerprint density at radius 3 is 2.65 bits per heavy atom. The Bertz CT molecular complexity index is 1240. The molecule has 0 saturated heterocycles. The van der Waals surface area contributed by atoms with Gasteiger partial charge in [-0.15, -0.1) is 5.10 Å². The van der Waals surface area contributed by atoms with Crippen LogP contribution in [0.1, 0.15) is 43.5 Å². The maximum atomic E-state index is 12.5. The van der Waals surface area contributed by atoms with Gasteiger partial charge in [-0.2, -0.15) is 4.98 Å². The van der Waals surface area contributed by atoms with Gasteiger partial charge in [-0.05, 0) is 55.3 Å². The number of rotatable bonds is 9. The van der Waals surface area contributed by atoms with E-state index in [4.69, 9.17) is 15.2 Å². The van der Waals surface area contributed by atoms with E-state index in [1.165, 1.54) is 11.8 Å². The van der Waals surface area contributed by atoms with Gasteiger partial charge < -0.3 is 20.5 Å². The fourth-order valence-electron chi connectivity index (χ4n) is 3.96. The van der Waals surface area contributed by atoms with Gasteiger partial charge in [-0.3, -0.25) is 4.79 Å². The van der Waals surface area contributed by atoms with Crippen LogP contribution in [0.4, 0.5) is 5.95 Å². The first-order valence-corrected chi connectivity index (χ1v) is 12.2. The Kier molecular flexibility index (Phi) is 7.12. The number of nitrogens with one attached hydrogen (secondary N) is 1. The number of anilines is 1. The van der Waals surface area contributed by atoms with Crippen LogP contribution in [-0.4, -0.2) is 33.0 Å². The van der Waals surface area contributed by atoms with Crippen LogP contribution in [-0.2, 0) is 11.4 Å². The summed E-state index contributed by atoms with van der Waals surface area (Å²) in [6.07, 6.45) is 0. The third-order valence-electron chi connectivity index (χ3n) is 5.60. The number of nitrogens with two attached hydrogens (primary N) is 1. The Morgan fingerprint density at radius 2 is 1.94 bits per heavy atom. The molecule has 1 aliphatic heterocycles. The van der Waals surface area contributed by atoms with Gasteiger partial charge in [-0.1, -0.05) is 49.0 Å². The maximum Gasteiger partial charge on any atom is 0.248 e. The van der Waals surface area contributed by atoms with Crippen molar-refractivity contribution in [2.75, 3.05) is 17.7 Å². The summed E-state index contributed by atoms with van der Waals surface area (Å²) in [7, 11) is 0. The summed E-state index contributed by atoms with van der Waals surface area (Å²) in [5, 5.41) is 8.44.